The number of non-ortho nitro benzene ring substituents is 2. The van der Waals surface area contributed by atoms with Gasteiger partial charge in [0.2, 0.25) is 0 Å². The van der Waals surface area contributed by atoms with Gasteiger partial charge in [0.1, 0.15) is 0 Å². The Morgan fingerprint density at radius 3 is 1.83 bits per heavy atom. The molecule has 124 valence electrons. The lowest BCUT2D eigenvalue weighted by Gasteiger charge is -2.09. The topological polar surface area (TPSA) is 115 Å². The molecule has 1 N–H and O–H groups in total. The Bertz CT molecular complexity index is 840. The van der Waals surface area contributed by atoms with Crippen LogP contribution in [0.2, 0.25) is 15.1 Å². The summed E-state index contributed by atoms with van der Waals surface area (Å²) < 4.78 is 0. The van der Waals surface area contributed by atoms with Crippen LogP contribution in [-0.2, 0) is 0 Å². The fraction of sp³-hybridized carbons (Fsp3) is 0. The Kier molecular flexibility index (Phi) is 5.23. The number of anilines is 1. The summed E-state index contributed by atoms with van der Waals surface area (Å²) >= 11 is 17.5. The Labute approximate surface area is 149 Å². The molecule has 0 aliphatic rings. The largest absolute Gasteiger partial charge is 0.321 e. The van der Waals surface area contributed by atoms with Gasteiger partial charge in [-0.3, -0.25) is 25.0 Å². The van der Waals surface area contributed by atoms with E-state index in [2.05, 4.69) is 5.32 Å². The van der Waals surface area contributed by atoms with Crippen LogP contribution in [0.15, 0.2) is 30.3 Å². The molecule has 0 heterocycles. The zero-order chi connectivity index (χ0) is 18.0. The number of nitrogens with one attached hydrogen (secondary N) is 1. The lowest BCUT2D eigenvalue weighted by molar-refractivity contribution is -0.394. The average molecular weight is 391 g/mol. The van der Waals surface area contributed by atoms with Gasteiger partial charge in [0.05, 0.1) is 42.2 Å². The molecule has 2 rings (SSSR count). The van der Waals surface area contributed by atoms with E-state index in [9.17, 15) is 25.0 Å². The number of amides is 1. The van der Waals surface area contributed by atoms with Gasteiger partial charge in [-0.25, -0.2) is 0 Å². The molecule has 1 amide bonds. The number of halogens is 3. The van der Waals surface area contributed by atoms with Crippen LogP contribution in [0.4, 0.5) is 17.1 Å². The van der Waals surface area contributed by atoms with Crippen LogP contribution in [0.25, 0.3) is 0 Å². The Morgan fingerprint density at radius 1 is 0.833 bits per heavy atom. The van der Waals surface area contributed by atoms with E-state index < -0.39 is 27.1 Å². The molecule has 8 nitrogen and oxygen atoms in total. The molecular weight excluding hydrogens is 385 g/mol. The van der Waals surface area contributed by atoms with Crippen LogP contribution in [0.5, 0.6) is 0 Å². The SMILES string of the molecule is O=C(Nc1cc(Cl)c(Cl)cc1Cl)c1cc([N+](=O)[O-])cc([N+](=O)[O-])c1. The van der Waals surface area contributed by atoms with E-state index in [4.69, 9.17) is 34.8 Å². The summed E-state index contributed by atoms with van der Waals surface area (Å²) in [7, 11) is 0. The maximum atomic E-state index is 12.2. The van der Waals surface area contributed by atoms with Gasteiger partial charge in [-0.05, 0) is 12.1 Å². The van der Waals surface area contributed by atoms with Gasteiger partial charge in [-0.1, -0.05) is 34.8 Å². The molecule has 0 saturated carbocycles. The first-order valence-corrected chi connectivity index (χ1v) is 7.22. The molecule has 2 aromatic rings. The Balaban J connectivity index is 2.41. The highest BCUT2D eigenvalue weighted by atomic mass is 35.5. The maximum absolute atomic E-state index is 12.2. The Hall–Kier alpha value is -2.42. The maximum Gasteiger partial charge on any atom is 0.277 e. The molecule has 0 aliphatic heterocycles. The van der Waals surface area contributed by atoms with Crippen molar-refractivity contribution < 1.29 is 14.6 Å². The van der Waals surface area contributed by atoms with E-state index in [1.165, 1.54) is 12.1 Å². The predicted octanol–water partition coefficient (Wildman–Crippen LogP) is 4.72. The smallest absolute Gasteiger partial charge is 0.277 e. The molecule has 0 aliphatic carbocycles. The number of rotatable bonds is 4. The standard InChI is InChI=1S/C13H6Cl3N3O5/c14-9-4-11(16)12(5-10(9)15)17-13(20)6-1-7(18(21)22)3-8(2-6)19(23)24/h1-5H,(H,17,20). The van der Waals surface area contributed by atoms with Crippen molar-refractivity contribution in [2.45, 2.75) is 0 Å². The zero-order valence-corrected chi connectivity index (χ0v) is 13.7. The van der Waals surface area contributed by atoms with E-state index in [0.29, 0.717) is 0 Å². The number of carbonyl (C=O) groups is 1. The van der Waals surface area contributed by atoms with E-state index in [0.717, 1.165) is 18.2 Å². The van der Waals surface area contributed by atoms with Gasteiger partial charge in [-0.2, -0.15) is 0 Å². The summed E-state index contributed by atoms with van der Waals surface area (Å²) in [6.07, 6.45) is 0. The number of nitrogens with zero attached hydrogens (tertiary/aromatic N) is 2. The molecule has 11 heteroatoms. The van der Waals surface area contributed by atoms with Crippen molar-refractivity contribution in [1.29, 1.82) is 0 Å². The monoisotopic (exact) mass is 389 g/mol. The minimum absolute atomic E-state index is 0.0812. The summed E-state index contributed by atoms with van der Waals surface area (Å²) in [6.45, 7) is 0. The van der Waals surface area contributed by atoms with E-state index in [-0.39, 0.29) is 26.3 Å². The third-order valence-electron chi connectivity index (χ3n) is 2.84. The van der Waals surface area contributed by atoms with Crippen molar-refractivity contribution in [1.82, 2.24) is 0 Å². The highest BCUT2D eigenvalue weighted by Gasteiger charge is 2.20. The van der Waals surface area contributed by atoms with E-state index >= 15 is 0 Å². The number of hydrogen-bond acceptors (Lipinski definition) is 5. The highest BCUT2D eigenvalue weighted by molar-refractivity contribution is 6.44. The van der Waals surface area contributed by atoms with Gasteiger partial charge in [-0.15, -0.1) is 0 Å². The normalized spacial score (nSPS) is 10.3. The molecule has 0 spiro atoms. The van der Waals surface area contributed by atoms with Crippen LogP contribution < -0.4 is 5.32 Å². The fourth-order valence-electron chi connectivity index (χ4n) is 1.75. The number of hydrogen-bond donors (Lipinski definition) is 1. The second kappa shape index (κ2) is 7.00. The number of benzene rings is 2. The van der Waals surface area contributed by atoms with Crippen molar-refractivity contribution in [3.8, 4) is 0 Å². The molecule has 24 heavy (non-hydrogen) atoms. The molecule has 0 fully saturated rings. The summed E-state index contributed by atoms with van der Waals surface area (Å²) in [5.41, 5.74) is -1.35. The van der Waals surface area contributed by atoms with Crippen molar-refractivity contribution in [3.63, 3.8) is 0 Å². The molecule has 0 aromatic heterocycles. The number of carbonyl (C=O) groups excluding carboxylic acids is 1. The molecular formula is C13H6Cl3N3O5. The van der Waals surface area contributed by atoms with Crippen LogP contribution >= 0.6 is 34.8 Å². The van der Waals surface area contributed by atoms with Gasteiger partial charge < -0.3 is 5.32 Å². The predicted molar refractivity (Wildman–Crippen MR) is 89.2 cm³/mol. The van der Waals surface area contributed by atoms with Crippen molar-refractivity contribution in [3.05, 3.63) is 71.2 Å². The first-order valence-electron chi connectivity index (χ1n) is 6.09. The Morgan fingerprint density at radius 2 is 1.33 bits per heavy atom. The summed E-state index contributed by atoms with van der Waals surface area (Å²) in [6, 6.07) is 5.16. The van der Waals surface area contributed by atoms with Crippen LogP contribution in [-0.4, -0.2) is 15.8 Å². The summed E-state index contributed by atoms with van der Waals surface area (Å²) in [4.78, 5) is 32.2. The van der Waals surface area contributed by atoms with Gasteiger partial charge in [0.25, 0.3) is 17.3 Å². The number of nitro groups is 2. The summed E-state index contributed by atoms with van der Waals surface area (Å²) in [5.74, 6) is -0.831. The fourth-order valence-corrected chi connectivity index (χ4v) is 2.34. The minimum Gasteiger partial charge on any atom is -0.321 e. The molecule has 0 bridgehead atoms. The molecule has 0 radical (unpaired) electrons. The molecule has 0 atom stereocenters. The number of nitro benzene ring substituents is 2. The van der Waals surface area contributed by atoms with E-state index in [1.807, 2.05) is 0 Å². The van der Waals surface area contributed by atoms with Crippen molar-refractivity contribution >= 4 is 57.8 Å². The third-order valence-corrected chi connectivity index (χ3v) is 3.88. The van der Waals surface area contributed by atoms with Gasteiger partial charge in [0, 0.05) is 12.1 Å². The van der Waals surface area contributed by atoms with Crippen LogP contribution in [0.1, 0.15) is 10.4 Å². The second-order valence-electron chi connectivity index (χ2n) is 4.45. The van der Waals surface area contributed by atoms with Gasteiger partial charge in [0.15, 0.2) is 0 Å². The second-order valence-corrected chi connectivity index (χ2v) is 5.67. The lowest BCUT2D eigenvalue weighted by atomic mass is 10.1. The van der Waals surface area contributed by atoms with Crippen LogP contribution in [0.3, 0.4) is 0 Å². The third kappa shape index (κ3) is 3.91. The lowest BCUT2D eigenvalue weighted by Crippen LogP contribution is -2.13. The minimum atomic E-state index is -0.837. The average Bonchev–Trinajstić information content (AvgIpc) is 2.51. The zero-order valence-electron chi connectivity index (χ0n) is 11.5. The first kappa shape index (κ1) is 17.9. The molecule has 0 unspecified atom stereocenters. The van der Waals surface area contributed by atoms with Crippen molar-refractivity contribution in [2.75, 3.05) is 5.32 Å². The molecule has 0 saturated heterocycles. The van der Waals surface area contributed by atoms with Crippen LogP contribution in [0, 0.1) is 20.2 Å². The van der Waals surface area contributed by atoms with Gasteiger partial charge >= 0.3 is 0 Å². The quantitative estimate of drug-likeness (QED) is 0.461. The highest BCUT2D eigenvalue weighted by Crippen LogP contribution is 2.33. The van der Waals surface area contributed by atoms with E-state index in [1.54, 1.807) is 0 Å². The summed E-state index contributed by atoms with van der Waals surface area (Å²) in [5, 5.41) is 24.4. The molecule has 2 aromatic carbocycles. The van der Waals surface area contributed by atoms with Crippen molar-refractivity contribution in [2.24, 2.45) is 0 Å². The first-order chi connectivity index (χ1) is 11.2.